The zero-order valence-electron chi connectivity index (χ0n) is 6.07. The van der Waals surface area contributed by atoms with Gasteiger partial charge in [-0.3, -0.25) is 0 Å². The predicted molar refractivity (Wildman–Crippen MR) is 47.3 cm³/mol. The minimum Gasteiger partial charge on any atom is -0.368 e. The monoisotopic (exact) mass is 147 g/mol. The molecule has 0 saturated heterocycles. The Morgan fingerprint density at radius 3 is 2.45 bits per heavy atom. The summed E-state index contributed by atoms with van der Waals surface area (Å²) in [6.07, 6.45) is 0. The molecule has 0 aliphatic rings. The lowest BCUT2D eigenvalue weighted by Gasteiger charge is -1.91. The highest BCUT2D eigenvalue weighted by atomic mass is 15.0. The van der Waals surface area contributed by atoms with Gasteiger partial charge in [-0.25, -0.2) is 9.98 Å². The Labute approximate surface area is 65.3 Å². The maximum Gasteiger partial charge on any atom is 0.219 e. The fourth-order valence-corrected chi connectivity index (χ4v) is 0.670. The number of guanidine groups is 1. The molecule has 0 spiro atoms. The molecule has 2 N–H and O–H groups in total. The third kappa shape index (κ3) is 2.21. The molecule has 11 heavy (non-hydrogen) atoms. The molecule has 0 aromatic heterocycles. The van der Waals surface area contributed by atoms with Crippen molar-refractivity contribution in [2.75, 3.05) is 0 Å². The Bertz CT molecular complexity index is 264. The van der Waals surface area contributed by atoms with E-state index in [1.165, 1.54) is 0 Å². The molecule has 0 atom stereocenters. The first-order valence-electron chi connectivity index (χ1n) is 3.19. The van der Waals surface area contributed by atoms with E-state index in [0.717, 1.165) is 5.69 Å². The van der Waals surface area contributed by atoms with E-state index in [-0.39, 0.29) is 5.96 Å². The number of nitrogens with zero attached hydrogens (tertiary/aromatic N) is 2. The second kappa shape index (κ2) is 3.51. The molecular formula is C8H9N3. The molecule has 1 rings (SSSR count). The largest absolute Gasteiger partial charge is 0.368 e. The van der Waals surface area contributed by atoms with Gasteiger partial charge in [-0.05, 0) is 18.9 Å². The van der Waals surface area contributed by atoms with E-state index in [1.54, 1.807) is 0 Å². The topological polar surface area (TPSA) is 50.7 Å². The van der Waals surface area contributed by atoms with Crippen LogP contribution in [-0.4, -0.2) is 12.7 Å². The molecule has 3 heteroatoms. The van der Waals surface area contributed by atoms with Gasteiger partial charge in [0.2, 0.25) is 5.96 Å². The van der Waals surface area contributed by atoms with Gasteiger partial charge in [0.05, 0.1) is 5.69 Å². The van der Waals surface area contributed by atoms with Gasteiger partial charge < -0.3 is 5.73 Å². The van der Waals surface area contributed by atoms with E-state index < -0.39 is 0 Å². The van der Waals surface area contributed by atoms with Crippen LogP contribution in [0, 0.1) is 0 Å². The van der Waals surface area contributed by atoms with Crippen molar-refractivity contribution < 1.29 is 0 Å². The highest BCUT2D eigenvalue weighted by Gasteiger charge is 1.86. The smallest absolute Gasteiger partial charge is 0.219 e. The summed E-state index contributed by atoms with van der Waals surface area (Å²) in [7, 11) is 0. The molecular weight excluding hydrogens is 138 g/mol. The van der Waals surface area contributed by atoms with Gasteiger partial charge in [0.25, 0.3) is 0 Å². The number of benzene rings is 1. The van der Waals surface area contributed by atoms with Crippen molar-refractivity contribution in [3.8, 4) is 0 Å². The molecule has 1 aromatic carbocycles. The Hall–Kier alpha value is -1.64. The Kier molecular flexibility index (Phi) is 2.38. The van der Waals surface area contributed by atoms with Gasteiger partial charge in [-0.15, -0.1) is 0 Å². The molecule has 0 amide bonds. The summed E-state index contributed by atoms with van der Waals surface area (Å²) in [4.78, 5) is 7.40. The van der Waals surface area contributed by atoms with Crippen LogP contribution in [0.25, 0.3) is 0 Å². The number of rotatable bonds is 1. The third-order valence-electron chi connectivity index (χ3n) is 1.16. The lowest BCUT2D eigenvalue weighted by molar-refractivity contribution is 1.43. The molecule has 0 aliphatic carbocycles. The van der Waals surface area contributed by atoms with Gasteiger partial charge in [0, 0.05) is 0 Å². The first kappa shape index (κ1) is 7.47. The van der Waals surface area contributed by atoms with E-state index in [2.05, 4.69) is 16.7 Å². The van der Waals surface area contributed by atoms with Crippen LogP contribution in [0.4, 0.5) is 5.69 Å². The first-order valence-corrected chi connectivity index (χ1v) is 3.19. The van der Waals surface area contributed by atoms with Gasteiger partial charge in [0.15, 0.2) is 0 Å². The van der Waals surface area contributed by atoms with E-state index in [9.17, 15) is 0 Å². The maximum absolute atomic E-state index is 5.33. The predicted octanol–water partition coefficient (Wildman–Crippen LogP) is 1.33. The number of hydrogen-bond donors (Lipinski definition) is 1. The van der Waals surface area contributed by atoms with E-state index >= 15 is 0 Å². The number of nitrogens with two attached hydrogens (primary N) is 1. The summed E-state index contributed by atoms with van der Waals surface area (Å²) < 4.78 is 0. The van der Waals surface area contributed by atoms with Crippen molar-refractivity contribution in [2.24, 2.45) is 15.7 Å². The van der Waals surface area contributed by atoms with Crippen LogP contribution in [0.15, 0.2) is 40.3 Å². The van der Waals surface area contributed by atoms with E-state index in [4.69, 9.17) is 5.73 Å². The van der Waals surface area contributed by atoms with E-state index in [1.807, 2.05) is 30.3 Å². The quantitative estimate of drug-likeness (QED) is 0.473. The Morgan fingerprint density at radius 1 is 1.27 bits per heavy atom. The molecule has 0 fully saturated rings. The van der Waals surface area contributed by atoms with Gasteiger partial charge in [0.1, 0.15) is 0 Å². The molecule has 0 aliphatic heterocycles. The summed E-state index contributed by atoms with van der Waals surface area (Å²) in [6.45, 7) is 3.25. The first-order chi connectivity index (χ1) is 5.33. The maximum atomic E-state index is 5.33. The molecule has 1 aromatic rings. The number of aliphatic imine (C=N–C) groups is 2. The van der Waals surface area contributed by atoms with E-state index in [0.29, 0.717) is 0 Å². The summed E-state index contributed by atoms with van der Waals surface area (Å²) >= 11 is 0. The van der Waals surface area contributed by atoms with Crippen LogP contribution in [0.3, 0.4) is 0 Å². The average molecular weight is 147 g/mol. The zero-order chi connectivity index (χ0) is 8.10. The second-order valence-electron chi connectivity index (χ2n) is 1.96. The van der Waals surface area contributed by atoms with Crippen molar-refractivity contribution in [3.63, 3.8) is 0 Å². The third-order valence-corrected chi connectivity index (χ3v) is 1.16. The zero-order valence-corrected chi connectivity index (χ0v) is 6.07. The fourth-order valence-electron chi connectivity index (χ4n) is 0.670. The van der Waals surface area contributed by atoms with Crippen molar-refractivity contribution in [1.29, 1.82) is 0 Å². The lowest BCUT2D eigenvalue weighted by atomic mass is 10.3. The van der Waals surface area contributed by atoms with Crippen LogP contribution in [0.5, 0.6) is 0 Å². The highest BCUT2D eigenvalue weighted by molar-refractivity contribution is 5.84. The molecule has 0 unspecified atom stereocenters. The SMILES string of the molecule is C=NC(N)=Nc1ccccc1. The van der Waals surface area contributed by atoms with Gasteiger partial charge in [-0.1, -0.05) is 18.2 Å². The normalized spacial score (nSPS) is 11.1. The molecule has 0 heterocycles. The van der Waals surface area contributed by atoms with Crippen LogP contribution >= 0.6 is 0 Å². The molecule has 0 bridgehead atoms. The van der Waals surface area contributed by atoms with Crippen molar-refractivity contribution in [3.05, 3.63) is 30.3 Å². The molecule has 0 radical (unpaired) electrons. The molecule has 3 nitrogen and oxygen atoms in total. The summed E-state index contributed by atoms with van der Waals surface area (Å²) in [5.74, 6) is 0.191. The minimum absolute atomic E-state index is 0.191. The van der Waals surface area contributed by atoms with Crippen molar-refractivity contribution in [1.82, 2.24) is 0 Å². The fraction of sp³-hybridized carbons (Fsp3) is 0. The summed E-state index contributed by atoms with van der Waals surface area (Å²) in [6, 6.07) is 9.37. The second-order valence-corrected chi connectivity index (χ2v) is 1.96. The molecule has 56 valence electrons. The van der Waals surface area contributed by atoms with Gasteiger partial charge in [-0.2, -0.15) is 0 Å². The van der Waals surface area contributed by atoms with Crippen LogP contribution < -0.4 is 5.73 Å². The van der Waals surface area contributed by atoms with Gasteiger partial charge >= 0.3 is 0 Å². The number of para-hydroxylation sites is 1. The van der Waals surface area contributed by atoms with Crippen LogP contribution in [-0.2, 0) is 0 Å². The Morgan fingerprint density at radius 2 is 1.91 bits per heavy atom. The standard InChI is InChI=1S/C8H9N3/c1-10-8(9)11-7-5-3-2-4-6-7/h2-6H,1H2,(H2,9,11). The summed E-state index contributed by atoms with van der Waals surface area (Å²) in [5.41, 5.74) is 6.12. The molecule has 0 saturated carbocycles. The highest BCUT2D eigenvalue weighted by Crippen LogP contribution is 2.08. The lowest BCUT2D eigenvalue weighted by Crippen LogP contribution is -2.05. The van der Waals surface area contributed by atoms with Crippen molar-refractivity contribution in [2.45, 2.75) is 0 Å². The number of hydrogen-bond acceptors (Lipinski definition) is 1. The van der Waals surface area contributed by atoms with Crippen LogP contribution in [0.2, 0.25) is 0 Å². The van der Waals surface area contributed by atoms with Crippen LogP contribution in [0.1, 0.15) is 0 Å². The summed E-state index contributed by atoms with van der Waals surface area (Å²) in [5, 5.41) is 0. The average Bonchev–Trinajstić information content (AvgIpc) is 2.06. The van der Waals surface area contributed by atoms with Crippen molar-refractivity contribution >= 4 is 18.4 Å². The Balaban J connectivity index is 2.87. The minimum atomic E-state index is 0.191.